The summed E-state index contributed by atoms with van der Waals surface area (Å²) in [6, 6.07) is 16.5. The van der Waals surface area contributed by atoms with Crippen molar-refractivity contribution in [1.29, 1.82) is 0 Å². The molecule has 11 heteroatoms. The average Bonchev–Trinajstić information content (AvgIpc) is 3.39. The van der Waals surface area contributed by atoms with Crippen LogP contribution in [0.2, 0.25) is 5.02 Å². The lowest BCUT2D eigenvalue weighted by molar-refractivity contribution is -0.122. The lowest BCUT2D eigenvalue weighted by Crippen LogP contribution is -2.48. The van der Waals surface area contributed by atoms with Crippen LogP contribution >= 0.6 is 11.6 Å². The molecule has 0 spiro atoms. The maximum absolute atomic E-state index is 13.1. The molecule has 1 atom stereocenters. The Morgan fingerprint density at radius 2 is 1.91 bits per heavy atom. The summed E-state index contributed by atoms with van der Waals surface area (Å²) in [4.78, 5) is 39.9. The lowest BCUT2D eigenvalue weighted by Gasteiger charge is -2.19. The number of amides is 2. The van der Waals surface area contributed by atoms with Crippen LogP contribution in [-0.4, -0.2) is 49.6 Å². The highest BCUT2D eigenvalue weighted by Crippen LogP contribution is 2.19. The number of benzene rings is 2. The molecule has 2 aromatic heterocycles. The molecular formula is C24H22ClN7O3. The lowest BCUT2D eigenvalue weighted by atomic mass is 10.0. The Balaban J connectivity index is 1.46. The molecule has 35 heavy (non-hydrogen) atoms. The van der Waals surface area contributed by atoms with Gasteiger partial charge >= 0.3 is 0 Å². The van der Waals surface area contributed by atoms with Gasteiger partial charge in [0.05, 0.1) is 5.69 Å². The molecule has 0 fully saturated rings. The number of hydrogen-bond donors (Lipinski definition) is 3. The van der Waals surface area contributed by atoms with E-state index in [4.69, 9.17) is 11.6 Å². The van der Waals surface area contributed by atoms with Crippen molar-refractivity contribution < 1.29 is 9.59 Å². The Morgan fingerprint density at radius 3 is 2.66 bits per heavy atom. The summed E-state index contributed by atoms with van der Waals surface area (Å²) in [6.45, 7) is 0.292. The molecule has 2 aromatic carbocycles. The second-order valence-corrected chi connectivity index (χ2v) is 8.16. The number of carbonyl (C=O) groups is 2. The van der Waals surface area contributed by atoms with Gasteiger partial charge in [-0.1, -0.05) is 41.9 Å². The first-order valence-corrected chi connectivity index (χ1v) is 11.2. The maximum Gasteiger partial charge on any atom is 0.252 e. The van der Waals surface area contributed by atoms with E-state index >= 15 is 0 Å². The van der Waals surface area contributed by atoms with Crippen molar-refractivity contribution in [1.82, 2.24) is 35.8 Å². The highest BCUT2D eigenvalue weighted by atomic mass is 35.5. The molecule has 0 bridgehead atoms. The third-order valence-electron chi connectivity index (χ3n) is 5.27. The van der Waals surface area contributed by atoms with E-state index < -0.39 is 17.5 Å². The fourth-order valence-electron chi connectivity index (χ4n) is 3.58. The zero-order chi connectivity index (χ0) is 24.6. The molecule has 178 valence electrons. The van der Waals surface area contributed by atoms with E-state index in [2.05, 4.69) is 31.1 Å². The molecule has 4 aromatic rings. The number of aromatic nitrogens is 5. The van der Waals surface area contributed by atoms with Crippen LogP contribution in [0.5, 0.6) is 0 Å². The summed E-state index contributed by atoms with van der Waals surface area (Å²) in [5, 5.41) is 17.4. The largest absolute Gasteiger partial charge is 0.354 e. The Bertz CT molecular complexity index is 1360. The summed E-state index contributed by atoms with van der Waals surface area (Å²) < 4.78 is 1.52. The zero-order valence-electron chi connectivity index (χ0n) is 18.5. The van der Waals surface area contributed by atoms with Gasteiger partial charge in [-0.25, -0.2) is 4.68 Å². The number of tetrazole rings is 1. The van der Waals surface area contributed by atoms with Crippen LogP contribution in [0.4, 0.5) is 0 Å². The smallest absolute Gasteiger partial charge is 0.252 e. The average molecular weight is 492 g/mol. The van der Waals surface area contributed by atoms with Crippen LogP contribution in [0.25, 0.3) is 5.69 Å². The number of halogens is 1. The van der Waals surface area contributed by atoms with Gasteiger partial charge in [0.15, 0.2) is 0 Å². The Hall–Kier alpha value is -4.31. The standard InChI is InChI=1S/C24H22ClN7O3/c25-19-6-7-21(32-15-28-30-31-32)17(13-19)8-11-27-24(35)20(12-16-4-2-1-3-5-16)29-23(34)18-9-10-26-22(33)14-18/h1-7,9-10,13-15,20H,8,11-12H2,(H,26,33)(H,27,35)(H,29,34)/t20-/m0/s1. The van der Waals surface area contributed by atoms with E-state index in [1.165, 1.54) is 29.3 Å². The number of nitrogens with zero attached hydrogens (tertiary/aromatic N) is 4. The van der Waals surface area contributed by atoms with E-state index in [0.29, 0.717) is 18.0 Å². The third kappa shape index (κ3) is 6.39. The topological polar surface area (TPSA) is 135 Å². The van der Waals surface area contributed by atoms with Crippen LogP contribution < -0.4 is 16.2 Å². The van der Waals surface area contributed by atoms with E-state index in [1.807, 2.05) is 30.3 Å². The SMILES string of the molecule is O=C(N[C@@H](Cc1ccccc1)C(=O)NCCc1cc(Cl)ccc1-n1cnnn1)c1cc[nH]c(=O)c1. The minimum Gasteiger partial charge on any atom is -0.354 e. The molecule has 10 nitrogen and oxygen atoms in total. The van der Waals surface area contributed by atoms with E-state index in [-0.39, 0.29) is 17.9 Å². The van der Waals surface area contributed by atoms with E-state index in [1.54, 1.807) is 18.2 Å². The van der Waals surface area contributed by atoms with Crippen molar-refractivity contribution in [3.8, 4) is 5.69 Å². The number of pyridine rings is 1. The molecule has 4 rings (SSSR count). The van der Waals surface area contributed by atoms with Crippen molar-refractivity contribution in [3.63, 3.8) is 0 Å². The highest BCUT2D eigenvalue weighted by Gasteiger charge is 2.22. The number of rotatable bonds is 9. The molecule has 2 heterocycles. The fourth-order valence-corrected chi connectivity index (χ4v) is 3.77. The van der Waals surface area contributed by atoms with Crippen molar-refractivity contribution in [2.75, 3.05) is 6.54 Å². The summed E-state index contributed by atoms with van der Waals surface area (Å²) in [7, 11) is 0. The fraction of sp³-hybridized carbons (Fsp3) is 0.167. The molecule has 3 N–H and O–H groups in total. The molecule has 0 aliphatic carbocycles. The normalized spacial score (nSPS) is 11.6. The second kappa shape index (κ2) is 11.2. The van der Waals surface area contributed by atoms with Gasteiger partial charge in [-0.2, -0.15) is 0 Å². The number of nitrogens with one attached hydrogen (secondary N) is 3. The van der Waals surface area contributed by atoms with Gasteiger partial charge in [-0.3, -0.25) is 14.4 Å². The van der Waals surface area contributed by atoms with Crippen LogP contribution in [0.1, 0.15) is 21.5 Å². The van der Waals surface area contributed by atoms with Gasteiger partial charge in [-0.05, 0) is 52.2 Å². The molecule has 0 saturated carbocycles. The molecule has 0 aliphatic rings. The Kier molecular flexibility index (Phi) is 7.63. The monoisotopic (exact) mass is 491 g/mol. The van der Waals surface area contributed by atoms with Gasteiger partial charge in [0.25, 0.3) is 5.91 Å². The third-order valence-corrected chi connectivity index (χ3v) is 5.51. The quantitative estimate of drug-likeness (QED) is 0.326. The van der Waals surface area contributed by atoms with Crippen molar-refractivity contribution in [3.05, 3.63) is 105 Å². The molecule has 0 aliphatic heterocycles. The van der Waals surface area contributed by atoms with Gasteiger partial charge in [0.2, 0.25) is 11.5 Å². The molecular weight excluding hydrogens is 470 g/mol. The van der Waals surface area contributed by atoms with Gasteiger partial charge < -0.3 is 15.6 Å². The summed E-state index contributed by atoms with van der Waals surface area (Å²) in [5.41, 5.74) is 2.25. The Labute approximate surface area is 205 Å². The zero-order valence-corrected chi connectivity index (χ0v) is 19.3. The van der Waals surface area contributed by atoms with Crippen molar-refractivity contribution in [2.24, 2.45) is 0 Å². The van der Waals surface area contributed by atoms with Crippen LogP contribution in [0.15, 0.2) is 78.0 Å². The molecule has 0 saturated heterocycles. The van der Waals surface area contributed by atoms with Gasteiger partial charge in [0, 0.05) is 35.8 Å². The molecule has 0 radical (unpaired) electrons. The highest BCUT2D eigenvalue weighted by molar-refractivity contribution is 6.30. The summed E-state index contributed by atoms with van der Waals surface area (Å²) in [5.74, 6) is -0.860. The number of hydrogen-bond acceptors (Lipinski definition) is 6. The van der Waals surface area contributed by atoms with E-state index in [0.717, 1.165) is 16.8 Å². The van der Waals surface area contributed by atoms with Gasteiger partial charge in [0.1, 0.15) is 12.4 Å². The first-order chi connectivity index (χ1) is 17.0. The minimum absolute atomic E-state index is 0.171. The maximum atomic E-state index is 13.1. The van der Waals surface area contributed by atoms with Crippen LogP contribution in [0.3, 0.4) is 0 Å². The first kappa shape index (κ1) is 23.8. The van der Waals surface area contributed by atoms with Crippen LogP contribution in [-0.2, 0) is 17.6 Å². The number of aromatic amines is 1. The second-order valence-electron chi connectivity index (χ2n) is 7.73. The molecule has 0 unspecified atom stereocenters. The van der Waals surface area contributed by atoms with E-state index in [9.17, 15) is 14.4 Å². The Morgan fingerprint density at radius 1 is 1.09 bits per heavy atom. The summed E-state index contributed by atoms with van der Waals surface area (Å²) >= 11 is 6.17. The van der Waals surface area contributed by atoms with Crippen LogP contribution in [0, 0.1) is 0 Å². The predicted octanol–water partition coefficient (Wildman–Crippen LogP) is 1.70. The van der Waals surface area contributed by atoms with Crippen molar-refractivity contribution in [2.45, 2.75) is 18.9 Å². The summed E-state index contributed by atoms with van der Waals surface area (Å²) in [6.07, 6.45) is 3.61. The minimum atomic E-state index is -0.845. The number of carbonyl (C=O) groups excluding carboxylic acids is 2. The van der Waals surface area contributed by atoms with Crippen molar-refractivity contribution >= 4 is 23.4 Å². The predicted molar refractivity (Wildman–Crippen MR) is 129 cm³/mol. The number of H-pyrrole nitrogens is 1. The van der Waals surface area contributed by atoms with Gasteiger partial charge in [-0.15, -0.1) is 5.10 Å². The molecule has 2 amide bonds. The first-order valence-electron chi connectivity index (χ1n) is 10.8.